The summed E-state index contributed by atoms with van der Waals surface area (Å²) < 4.78 is 4.83. The number of likely N-dealkylation sites (tertiary alicyclic amines) is 1. The fraction of sp³-hybridized carbons (Fsp3) is 0.481. The number of carboxylic acid groups (broad SMARTS) is 1. The van der Waals surface area contributed by atoms with Gasteiger partial charge in [0.25, 0.3) is 0 Å². The van der Waals surface area contributed by atoms with Gasteiger partial charge < -0.3 is 14.7 Å². The highest BCUT2D eigenvalue weighted by molar-refractivity contribution is 7.99. The van der Waals surface area contributed by atoms with Crippen molar-refractivity contribution in [2.75, 3.05) is 26.7 Å². The number of rotatable bonds is 8. The Balaban J connectivity index is 1.31. The van der Waals surface area contributed by atoms with Crippen LogP contribution in [0.1, 0.15) is 49.0 Å². The van der Waals surface area contributed by atoms with E-state index in [0.29, 0.717) is 12.5 Å². The molecule has 4 rings (SSSR count). The third-order valence-corrected chi connectivity index (χ3v) is 7.81. The lowest BCUT2D eigenvalue weighted by Gasteiger charge is -2.39. The minimum atomic E-state index is -0.936. The van der Waals surface area contributed by atoms with Crippen LogP contribution in [0.5, 0.6) is 0 Å². The summed E-state index contributed by atoms with van der Waals surface area (Å²) in [4.78, 5) is 47.3. The lowest BCUT2D eigenvalue weighted by molar-refractivity contribution is 0.0696. The molecular weight excluding hydrogens is 492 g/mol. The molecule has 2 aliphatic rings. The number of amides is 3. The number of benzene rings is 1. The van der Waals surface area contributed by atoms with Crippen molar-refractivity contribution in [3.05, 3.63) is 53.7 Å². The molecule has 0 saturated carbocycles. The van der Waals surface area contributed by atoms with Crippen LogP contribution in [0.25, 0.3) is 0 Å². The lowest BCUT2D eigenvalue weighted by Crippen LogP contribution is -2.49. The number of hydrogen-bond acceptors (Lipinski definition) is 7. The first kappa shape index (κ1) is 26.9. The van der Waals surface area contributed by atoms with Crippen LogP contribution < -0.4 is 0 Å². The molecule has 0 radical (unpaired) electrons. The first-order valence-electron chi connectivity index (χ1n) is 12.6. The second-order valence-electron chi connectivity index (χ2n) is 10.00. The number of methoxy groups -OCH3 is 1. The van der Waals surface area contributed by atoms with Gasteiger partial charge in [-0.1, -0.05) is 31.7 Å². The van der Waals surface area contributed by atoms with Crippen LogP contribution in [0.4, 0.5) is 9.59 Å². The van der Waals surface area contributed by atoms with Crippen molar-refractivity contribution in [2.45, 2.75) is 61.7 Å². The van der Waals surface area contributed by atoms with Gasteiger partial charge in [-0.15, -0.1) is 0 Å². The van der Waals surface area contributed by atoms with Crippen molar-refractivity contribution < 1.29 is 24.2 Å². The summed E-state index contributed by atoms with van der Waals surface area (Å²) >= 11 is 1.49. The van der Waals surface area contributed by atoms with Gasteiger partial charge in [0, 0.05) is 36.8 Å². The molecule has 1 aromatic heterocycles. The minimum Gasteiger partial charge on any atom is -0.478 e. The highest BCUT2D eigenvalue weighted by Crippen LogP contribution is 2.30. The van der Waals surface area contributed by atoms with Gasteiger partial charge in [-0.05, 0) is 61.1 Å². The van der Waals surface area contributed by atoms with Crippen molar-refractivity contribution in [3.63, 3.8) is 0 Å². The van der Waals surface area contributed by atoms with E-state index in [2.05, 4.69) is 29.8 Å². The number of piperidine rings is 1. The van der Waals surface area contributed by atoms with Gasteiger partial charge in [-0.3, -0.25) is 4.90 Å². The smallest absolute Gasteiger partial charge is 0.417 e. The Labute approximate surface area is 221 Å². The minimum absolute atomic E-state index is 0.0257. The fourth-order valence-corrected chi connectivity index (χ4v) is 5.84. The molecule has 0 aliphatic carbocycles. The number of nitrogens with zero attached hydrogens (tertiary/aromatic N) is 4. The maximum Gasteiger partial charge on any atom is 0.417 e. The molecule has 0 spiro atoms. The Bertz CT molecular complexity index is 1100. The number of aromatic nitrogens is 1. The van der Waals surface area contributed by atoms with Gasteiger partial charge in [-0.25, -0.2) is 24.3 Å². The maximum atomic E-state index is 13.1. The van der Waals surface area contributed by atoms with Crippen LogP contribution >= 0.6 is 11.8 Å². The summed E-state index contributed by atoms with van der Waals surface area (Å²) in [6.45, 7) is 7.19. The highest BCUT2D eigenvalue weighted by atomic mass is 32.2. The standard InChI is InChI=1S/C27H34N4O5S/c1-18(2)14-22-17-30(27(35)36-3)26(34)31(22)21-10-12-29(13-11-21)16-19-4-9-24(28-15-19)37-23-7-5-20(6-8-23)25(32)33/h4-9,15,18,21-22H,10-14,16-17H2,1-3H3,(H,32,33). The summed E-state index contributed by atoms with van der Waals surface area (Å²) in [5, 5.41) is 9.89. The van der Waals surface area contributed by atoms with E-state index >= 15 is 0 Å². The number of imide groups is 1. The average molecular weight is 527 g/mol. The third-order valence-electron chi connectivity index (χ3n) is 6.85. The molecule has 9 nitrogen and oxygen atoms in total. The lowest BCUT2D eigenvalue weighted by atomic mass is 9.98. The SMILES string of the molecule is COC(=O)N1CC(CC(C)C)N(C2CCN(Cc3ccc(Sc4ccc(C(=O)O)cc4)nc3)CC2)C1=O. The van der Waals surface area contributed by atoms with Crippen LogP contribution in [-0.4, -0.2) is 81.7 Å². The zero-order chi connectivity index (χ0) is 26.5. The number of carbonyl (C=O) groups is 3. The van der Waals surface area contributed by atoms with Crippen molar-refractivity contribution >= 4 is 29.9 Å². The molecule has 10 heteroatoms. The predicted octanol–water partition coefficient (Wildman–Crippen LogP) is 4.81. The largest absolute Gasteiger partial charge is 0.478 e. The first-order chi connectivity index (χ1) is 17.7. The summed E-state index contributed by atoms with van der Waals surface area (Å²) in [7, 11) is 1.31. The van der Waals surface area contributed by atoms with Crippen LogP contribution in [0.15, 0.2) is 52.5 Å². The zero-order valence-corrected chi connectivity index (χ0v) is 22.3. The number of ether oxygens (including phenoxy) is 1. The van der Waals surface area contributed by atoms with Crippen LogP contribution in [-0.2, 0) is 11.3 Å². The Kier molecular flexibility index (Phi) is 8.71. The number of carbonyl (C=O) groups excluding carboxylic acids is 2. The summed E-state index contributed by atoms with van der Waals surface area (Å²) in [6.07, 6.45) is 3.90. The average Bonchev–Trinajstić information content (AvgIpc) is 3.20. The molecule has 3 heterocycles. The maximum absolute atomic E-state index is 13.1. The monoisotopic (exact) mass is 526 g/mol. The Morgan fingerprint density at radius 2 is 1.84 bits per heavy atom. The normalized spacial score (nSPS) is 19.0. The van der Waals surface area contributed by atoms with Crippen LogP contribution in [0.2, 0.25) is 0 Å². The number of pyridine rings is 1. The molecule has 37 heavy (non-hydrogen) atoms. The van der Waals surface area contributed by atoms with E-state index in [4.69, 9.17) is 9.84 Å². The van der Waals surface area contributed by atoms with Gasteiger partial charge in [-0.2, -0.15) is 0 Å². The summed E-state index contributed by atoms with van der Waals surface area (Å²) in [5.74, 6) is -0.510. The first-order valence-corrected chi connectivity index (χ1v) is 13.4. The molecule has 2 aromatic rings. The summed E-state index contributed by atoms with van der Waals surface area (Å²) in [6, 6.07) is 10.7. The quantitative estimate of drug-likeness (QED) is 0.523. The second-order valence-corrected chi connectivity index (χ2v) is 11.1. The molecule has 1 aromatic carbocycles. The van der Waals surface area contributed by atoms with Crippen LogP contribution in [0, 0.1) is 5.92 Å². The second kappa shape index (κ2) is 12.0. The Morgan fingerprint density at radius 3 is 2.41 bits per heavy atom. The van der Waals surface area contributed by atoms with Crippen molar-refractivity contribution in [1.29, 1.82) is 0 Å². The Morgan fingerprint density at radius 1 is 1.14 bits per heavy atom. The van der Waals surface area contributed by atoms with E-state index in [1.807, 2.05) is 17.2 Å². The molecule has 2 saturated heterocycles. The molecule has 0 bridgehead atoms. The Hall–Kier alpha value is -3.11. The van der Waals surface area contributed by atoms with Gasteiger partial charge in [0.2, 0.25) is 0 Å². The molecule has 3 amide bonds. The zero-order valence-electron chi connectivity index (χ0n) is 21.5. The van der Waals surface area contributed by atoms with Gasteiger partial charge in [0.1, 0.15) is 5.03 Å². The summed E-state index contributed by atoms with van der Waals surface area (Å²) in [5.41, 5.74) is 1.39. The molecular formula is C27H34N4O5S. The molecule has 1 unspecified atom stereocenters. The van der Waals surface area contributed by atoms with Gasteiger partial charge >= 0.3 is 18.1 Å². The van der Waals surface area contributed by atoms with Crippen molar-refractivity contribution in [3.8, 4) is 0 Å². The molecule has 1 atom stereocenters. The van der Waals surface area contributed by atoms with Crippen LogP contribution in [0.3, 0.4) is 0 Å². The molecule has 1 N–H and O–H groups in total. The molecule has 2 fully saturated rings. The van der Waals surface area contributed by atoms with E-state index in [1.54, 1.807) is 24.3 Å². The molecule has 198 valence electrons. The van der Waals surface area contributed by atoms with E-state index < -0.39 is 12.1 Å². The van der Waals surface area contributed by atoms with E-state index in [9.17, 15) is 14.4 Å². The van der Waals surface area contributed by atoms with E-state index in [1.165, 1.54) is 23.8 Å². The predicted molar refractivity (Wildman–Crippen MR) is 140 cm³/mol. The van der Waals surface area contributed by atoms with E-state index in [-0.39, 0.29) is 23.7 Å². The van der Waals surface area contributed by atoms with Gasteiger partial charge in [0.05, 0.1) is 25.3 Å². The number of carboxylic acids is 1. The van der Waals surface area contributed by atoms with E-state index in [0.717, 1.165) is 54.4 Å². The number of hydrogen-bond donors (Lipinski definition) is 1. The van der Waals surface area contributed by atoms with Crippen molar-refractivity contribution in [1.82, 2.24) is 19.7 Å². The fourth-order valence-electron chi connectivity index (χ4n) is 5.09. The van der Waals surface area contributed by atoms with Gasteiger partial charge in [0.15, 0.2) is 0 Å². The third kappa shape index (κ3) is 6.61. The topological polar surface area (TPSA) is 103 Å². The number of aromatic carboxylic acids is 1. The molecule has 2 aliphatic heterocycles. The van der Waals surface area contributed by atoms with Crippen molar-refractivity contribution in [2.24, 2.45) is 5.92 Å². The number of urea groups is 1. The highest BCUT2D eigenvalue weighted by Gasteiger charge is 2.45.